The highest BCUT2D eigenvalue weighted by Gasteiger charge is 2.18. The van der Waals surface area contributed by atoms with Gasteiger partial charge in [0.05, 0.1) is 11.0 Å². The average Bonchev–Trinajstić information content (AvgIpc) is 2.76. The van der Waals surface area contributed by atoms with E-state index in [0.29, 0.717) is 11.6 Å². The van der Waals surface area contributed by atoms with E-state index in [-0.39, 0.29) is 5.54 Å². The number of hydrogen-bond acceptors (Lipinski definition) is 2. The van der Waals surface area contributed by atoms with Gasteiger partial charge in [0.2, 0.25) is 0 Å². The molecule has 2 N–H and O–H groups in total. The minimum atomic E-state index is -0.323. The second-order valence-corrected chi connectivity index (χ2v) is 6.45. The van der Waals surface area contributed by atoms with Gasteiger partial charge in [0, 0.05) is 22.7 Å². The Morgan fingerprint density at radius 3 is 2.62 bits per heavy atom. The first-order valence-electron chi connectivity index (χ1n) is 6.94. The number of nitrogens with zero attached hydrogens (tertiary/aromatic N) is 2. The molecular formula is C17H18ClN3. The molecule has 0 radical (unpaired) electrons. The summed E-state index contributed by atoms with van der Waals surface area (Å²) in [4.78, 5) is 4.76. The second kappa shape index (κ2) is 5.17. The highest BCUT2D eigenvalue weighted by Crippen LogP contribution is 2.27. The molecule has 3 nitrogen and oxygen atoms in total. The zero-order chi connectivity index (χ0) is 15.0. The lowest BCUT2D eigenvalue weighted by Gasteiger charge is -2.21. The van der Waals surface area contributed by atoms with Gasteiger partial charge >= 0.3 is 0 Å². The molecule has 0 aliphatic rings. The van der Waals surface area contributed by atoms with Gasteiger partial charge in [-0.05, 0) is 38.1 Å². The molecule has 0 unspecified atom stereocenters. The number of halogens is 1. The third kappa shape index (κ3) is 2.94. The van der Waals surface area contributed by atoms with Crippen LogP contribution in [0.3, 0.4) is 0 Å². The van der Waals surface area contributed by atoms with Crippen LogP contribution in [0.15, 0.2) is 48.5 Å². The molecule has 0 aliphatic heterocycles. The monoisotopic (exact) mass is 299 g/mol. The van der Waals surface area contributed by atoms with Gasteiger partial charge < -0.3 is 10.3 Å². The van der Waals surface area contributed by atoms with Crippen molar-refractivity contribution in [3.05, 3.63) is 53.6 Å². The summed E-state index contributed by atoms with van der Waals surface area (Å²) in [5, 5.41) is 0.707. The molecule has 0 saturated heterocycles. The molecule has 0 fully saturated rings. The predicted molar refractivity (Wildman–Crippen MR) is 88.4 cm³/mol. The van der Waals surface area contributed by atoms with Crippen LogP contribution in [0.5, 0.6) is 0 Å². The number of nitrogens with two attached hydrogens (primary N) is 1. The Morgan fingerprint density at radius 2 is 1.90 bits per heavy atom. The normalized spacial score (nSPS) is 12.0. The fourth-order valence-corrected chi connectivity index (χ4v) is 2.68. The van der Waals surface area contributed by atoms with E-state index in [1.54, 1.807) is 0 Å². The second-order valence-electron chi connectivity index (χ2n) is 6.01. The topological polar surface area (TPSA) is 43.8 Å². The van der Waals surface area contributed by atoms with E-state index in [9.17, 15) is 0 Å². The van der Waals surface area contributed by atoms with Crippen LogP contribution in [0.1, 0.15) is 13.8 Å². The zero-order valence-electron chi connectivity index (χ0n) is 12.2. The minimum absolute atomic E-state index is 0.323. The van der Waals surface area contributed by atoms with Gasteiger partial charge in [-0.15, -0.1) is 0 Å². The van der Waals surface area contributed by atoms with E-state index >= 15 is 0 Å². The Kier molecular flexibility index (Phi) is 3.47. The Labute approximate surface area is 129 Å². The van der Waals surface area contributed by atoms with E-state index in [1.807, 2.05) is 56.3 Å². The molecule has 0 bridgehead atoms. The summed E-state index contributed by atoms with van der Waals surface area (Å²) in [6, 6.07) is 15.9. The van der Waals surface area contributed by atoms with Gasteiger partial charge in [0.15, 0.2) is 0 Å². The Morgan fingerprint density at radius 1 is 1.14 bits per heavy atom. The van der Waals surface area contributed by atoms with Crippen LogP contribution in [-0.4, -0.2) is 15.1 Å². The lowest BCUT2D eigenvalue weighted by atomic mass is 10.1. The first-order valence-corrected chi connectivity index (χ1v) is 7.32. The van der Waals surface area contributed by atoms with Crippen LogP contribution >= 0.6 is 11.6 Å². The highest BCUT2D eigenvalue weighted by molar-refractivity contribution is 6.30. The third-order valence-electron chi connectivity index (χ3n) is 3.30. The summed E-state index contributed by atoms with van der Waals surface area (Å²) in [5.74, 6) is 0.900. The number of fused-ring (bicyclic) bond motifs is 1. The number of para-hydroxylation sites is 2. The van der Waals surface area contributed by atoms with Gasteiger partial charge in [-0.25, -0.2) is 4.98 Å². The van der Waals surface area contributed by atoms with E-state index in [1.165, 1.54) is 0 Å². The molecule has 21 heavy (non-hydrogen) atoms. The van der Waals surface area contributed by atoms with E-state index in [0.717, 1.165) is 22.4 Å². The molecule has 0 atom stereocenters. The maximum atomic E-state index is 6.22. The molecule has 108 valence electrons. The maximum Gasteiger partial charge on any atom is 0.141 e. The van der Waals surface area contributed by atoms with Crippen molar-refractivity contribution in [3.8, 4) is 11.4 Å². The van der Waals surface area contributed by atoms with Gasteiger partial charge in [-0.3, -0.25) is 0 Å². The summed E-state index contributed by atoms with van der Waals surface area (Å²) in [7, 11) is 0. The fourth-order valence-electron chi connectivity index (χ4n) is 2.49. The van der Waals surface area contributed by atoms with Crippen LogP contribution in [0.25, 0.3) is 22.4 Å². The molecule has 4 heteroatoms. The molecule has 0 spiro atoms. The molecule has 2 aromatic carbocycles. The lowest BCUT2D eigenvalue weighted by molar-refractivity contribution is 0.442. The predicted octanol–water partition coefficient (Wildman–Crippen LogP) is 4.09. The Bertz CT molecular complexity index is 784. The molecule has 1 heterocycles. The molecule has 0 saturated carbocycles. The van der Waals surface area contributed by atoms with E-state index < -0.39 is 0 Å². The smallest absolute Gasteiger partial charge is 0.141 e. The number of benzene rings is 2. The molecule has 0 amide bonds. The SMILES string of the molecule is CC(C)(N)Cn1c(-c2cccc(Cl)c2)nc2ccccc21. The van der Waals surface area contributed by atoms with Crippen LogP contribution in [0, 0.1) is 0 Å². The van der Waals surface area contributed by atoms with Crippen molar-refractivity contribution in [1.29, 1.82) is 0 Å². The van der Waals surface area contributed by atoms with Crippen molar-refractivity contribution < 1.29 is 0 Å². The highest BCUT2D eigenvalue weighted by atomic mass is 35.5. The summed E-state index contributed by atoms with van der Waals surface area (Å²) in [5.41, 5.74) is 8.96. The number of hydrogen-bond donors (Lipinski definition) is 1. The van der Waals surface area contributed by atoms with Gasteiger partial charge in [-0.1, -0.05) is 35.9 Å². The van der Waals surface area contributed by atoms with Crippen LogP contribution in [0.4, 0.5) is 0 Å². The first kappa shape index (κ1) is 14.1. The molecule has 1 aromatic heterocycles. The Balaban J connectivity index is 2.24. The van der Waals surface area contributed by atoms with Crippen LogP contribution in [0.2, 0.25) is 5.02 Å². The number of rotatable bonds is 3. The summed E-state index contributed by atoms with van der Waals surface area (Å²) in [6.45, 7) is 4.72. The minimum Gasteiger partial charge on any atom is -0.324 e. The largest absolute Gasteiger partial charge is 0.324 e. The van der Waals surface area contributed by atoms with Gasteiger partial charge in [-0.2, -0.15) is 0 Å². The zero-order valence-corrected chi connectivity index (χ0v) is 12.9. The fraction of sp³-hybridized carbons (Fsp3) is 0.235. The van der Waals surface area contributed by atoms with Crippen molar-refractivity contribution in [2.24, 2.45) is 5.73 Å². The van der Waals surface area contributed by atoms with Crippen molar-refractivity contribution in [2.45, 2.75) is 25.9 Å². The molecule has 3 aromatic rings. The van der Waals surface area contributed by atoms with Crippen LogP contribution < -0.4 is 5.73 Å². The standard InChI is InChI=1S/C17H18ClN3/c1-17(2,19)11-21-15-9-4-3-8-14(15)20-16(21)12-6-5-7-13(18)10-12/h3-10H,11,19H2,1-2H3. The molecule has 3 rings (SSSR count). The summed E-state index contributed by atoms with van der Waals surface area (Å²) < 4.78 is 2.17. The van der Waals surface area contributed by atoms with Crippen molar-refractivity contribution in [2.75, 3.05) is 0 Å². The summed E-state index contributed by atoms with van der Waals surface area (Å²) in [6.07, 6.45) is 0. The van der Waals surface area contributed by atoms with Crippen molar-refractivity contribution in [1.82, 2.24) is 9.55 Å². The number of imidazole rings is 1. The maximum absolute atomic E-state index is 6.22. The Hall–Kier alpha value is -1.84. The number of aromatic nitrogens is 2. The first-order chi connectivity index (χ1) is 9.94. The summed E-state index contributed by atoms with van der Waals surface area (Å²) >= 11 is 6.12. The van der Waals surface area contributed by atoms with Gasteiger partial charge in [0.1, 0.15) is 5.82 Å². The molecular weight excluding hydrogens is 282 g/mol. The van der Waals surface area contributed by atoms with Gasteiger partial charge in [0.25, 0.3) is 0 Å². The van der Waals surface area contributed by atoms with Crippen molar-refractivity contribution in [3.63, 3.8) is 0 Å². The third-order valence-corrected chi connectivity index (χ3v) is 3.54. The molecule has 0 aliphatic carbocycles. The average molecular weight is 300 g/mol. The van der Waals surface area contributed by atoms with Crippen LogP contribution in [-0.2, 0) is 6.54 Å². The van der Waals surface area contributed by atoms with Crippen molar-refractivity contribution >= 4 is 22.6 Å². The lowest BCUT2D eigenvalue weighted by Crippen LogP contribution is -2.37. The van der Waals surface area contributed by atoms with E-state index in [4.69, 9.17) is 22.3 Å². The van der Waals surface area contributed by atoms with E-state index in [2.05, 4.69) is 10.6 Å². The quantitative estimate of drug-likeness (QED) is 0.791.